The molecule has 19 heavy (non-hydrogen) atoms. The molecule has 6 heteroatoms. The maximum atomic E-state index is 11.6. The fourth-order valence-electron chi connectivity index (χ4n) is 1.59. The third kappa shape index (κ3) is 2.79. The highest BCUT2D eigenvalue weighted by molar-refractivity contribution is 5.86. The zero-order valence-corrected chi connectivity index (χ0v) is 10.2. The summed E-state index contributed by atoms with van der Waals surface area (Å²) in [5, 5.41) is 8.76. The molecular weight excluding hydrogens is 248 g/mol. The molecule has 2 rings (SSSR count). The number of aromatic carboxylic acids is 1. The number of carbonyl (C=O) groups is 1. The van der Waals surface area contributed by atoms with Crippen LogP contribution in [0.5, 0.6) is 5.75 Å². The Labute approximate surface area is 108 Å². The standard InChI is InChI=1S/C13H12N2O4/c1-2-19-9-5-3-4-8(6-9)11-14-7-10(13(17)18)12(16)15-11/h3-7H,2H2,1H3,(H,17,18)(H,14,15,16). The van der Waals surface area contributed by atoms with E-state index in [-0.39, 0.29) is 5.56 Å². The van der Waals surface area contributed by atoms with Crippen LogP contribution in [0.3, 0.4) is 0 Å². The van der Waals surface area contributed by atoms with E-state index < -0.39 is 11.5 Å². The smallest absolute Gasteiger partial charge is 0.342 e. The Hall–Kier alpha value is -2.63. The number of H-pyrrole nitrogens is 1. The van der Waals surface area contributed by atoms with Gasteiger partial charge < -0.3 is 14.8 Å². The maximum Gasteiger partial charge on any atom is 0.342 e. The van der Waals surface area contributed by atoms with Gasteiger partial charge in [-0.3, -0.25) is 4.79 Å². The molecule has 2 aromatic rings. The zero-order valence-electron chi connectivity index (χ0n) is 10.2. The molecule has 0 atom stereocenters. The molecule has 0 saturated heterocycles. The van der Waals surface area contributed by atoms with E-state index >= 15 is 0 Å². The Morgan fingerprint density at radius 1 is 1.47 bits per heavy atom. The van der Waals surface area contributed by atoms with Crippen molar-refractivity contribution in [1.29, 1.82) is 0 Å². The van der Waals surface area contributed by atoms with Gasteiger partial charge in [0.1, 0.15) is 17.1 Å². The number of hydrogen-bond donors (Lipinski definition) is 2. The van der Waals surface area contributed by atoms with Crippen LogP contribution in [0.4, 0.5) is 0 Å². The first-order valence-electron chi connectivity index (χ1n) is 5.67. The number of benzene rings is 1. The van der Waals surface area contributed by atoms with Crippen molar-refractivity contribution < 1.29 is 14.6 Å². The first-order chi connectivity index (χ1) is 9.11. The van der Waals surface area contributed by atoms with Crippen LogP contribution in [-0.4, -0.2) is 27.7 Å². The van der Waals surface area contributed by atoms with Gasteiger partial charge in [0.15, 0.2) is 0 Å². The van der Waals surface area contributed by atoms with Gasteiger partial charge in [-0.1, -0.05) is 12.1 Å². The molecule has 0 fully saturated rings. The van der Waals surface area contributed by atoms with Gasteiger partial charge in [0, 0.05) is 11.8 Å². The minimum atomic E-state index is -1.30. The molecule has 0 saturated carbocycles. The Morgan fingerprint density at radius 2 is 2.26 bits per heavy atom. The van der Waals surface area contributed by atoms with Gasteiger partial charge in [0.25, 0.3) is 5.56 Å². The molecular formula is C13H12N2O4. The number of nitrogens with zero attached hydrogens (tertiary/aromatic N) is 1. The molecule has 1 heterocycles. The highest BCUT2D eigenvalue weighted by atomic mass is 16.5. The number of rotatable bonds is 4. The third-order valence-corrected chi connectivity index (χ3v) is 2.45. The lowest BCUT2D eigenvalue weighted by Crippen LogP contribution is -2.18. The summed E-state index contributed by atoms with van der Waals surface area (Å²) in [6.07, 6.45) is 1.05. The fraction of sp³-hybridized carbons (Fsp3) is 0.154. The Balaban J connectivity index is 2.42. The quantitative estimate of drug-likeness (QED) is 0.869. The Bertz CT molecular complexity index is 664. The number of carboxylic acids is 1. The summed E-state index contributed by atoms with van der Waals surface area (Å²) in [5.74, 6) is -0.343. The molecule has 0 spiro atoms. The van der Waals surface area contributed by atoms with E-state index in [0.29, 0.717) is 23.7 Å². The van der Waals surface area contributed by atoms with Crippen LogP contribution in [0.15, 0.2) is 35.3 Å². The third-order valence-electron chi connectivity index (χ3n) is 2.45. The molecule has 0 radical (unpaired) electrons. The van der Waals surface area contributed by atoms with Gasteiger partial charge >= 0.3 is 5.97 Å². The van der Waals surface area contributed by atoms with Crippen LogP contribution in [0.25, 0.3) is 11.4 Å². The topological polar surface area (TPSA) is 92.3 Å². The second-order valence-corrected chi connectivity index (χ2v) is 3.74. The average Bonchev–Trinajstić information content (AvgIpc) is 2.39. The number of carboxylic acid groups (broad SMARTS) is 1. The van der Waals surface area contributed by atoms with E-state index in [9.17, 15) is 9.59 Å². The minimum Gasteiger partial charge on any atom is -0.494 e. The molecule has 1 aromatic carbocycles. The van der Waals surface area contributed by atoms with E-state index in [2.05, 4.69) is 9.97 Å². The van der Waals surface area contributed by atoms with E-state index in [1.165, 1.54) is 0 Å². The number of aromatic nitrogens is 2. The summed E-state index contributed by atoms with van der Waals surface area (Å²) in [5.41, 5.74) is -0.413. The van der Waals surface area contributed by atoms with E-state index in [4.69, 9.17) is 9.84 Å². The summed E-state index contributed by atoms with van der Waals surface area (Å²) < 4.78 is 5.35. The molecule has 1 aromatic heterocycles. The number of hydrogen-bond acceptors (Lipinski definition) is 4. The molecule has 0 amide bonds. The normalized spacial score (nSPS) is 10.2. The van der Waals surface area contributed by atoms with Crippen molar-refractivity contribution in [1.82, 2.24) is 9.97 Å². The van der Waals surface area contributed by atoms with Crippen LogP contribution in [0, 0.1) is 0 Å². The van der Waals surface area contributed by atoms with Gasteiger partial charge in [0.05, 0.1) is 6.61 Å². The molecule has 0 unspecified atom stereocenters. The SMILES string of the molecule is CCOc1cccc(-c2ncc(C(=O)O)c(=O)[nH]2)c1. The highest BCUT2D eigenvalue weighted by Crippen LogP contribution is 2.20. The van der Waals surface area contributed by atoms with Gasteiger partial charge in [0.2, 0.25) is 0 Å². The minimum absolute atomic E-state index is 0.302. The lowest BCUT2D eigenvalue weighted by molar-refractivity contribution is 0.0694. The van der Waals surface area contributed by atoms with Crippen LogP contribution < -0.4 is 10.3 Å². The van der Waals surface area contributed by atoms with E-state index in [1.807, 2.05) is 6.92 Å². The lowest BCUT2D eigenvalue weighted by Gasteiger charge is -2.05. The number of nitrogens with one attached hydrogen (secondary N) is 1. The van der Waals surface area contributed by atoms with Crippen molar-refractivity contribution in [3.05, 3.63) is 46.4 Å². The van der Waals surface area contributed by atoms with Crippen LogP contribution >= 0.6 is 0 Å². The summed E-state index contributed by atoms with van der Waals surface area (Å²) >= 11 is 0. The predicted octanol–water partition coefficient (Wildman–Crippen LogP) is 1.53. The summed E-state index contributed by atoms with van der Waals surface area (Å²) in [4.78, 5) is 28.7. The monoisotopic (exact) mass is 260 g/mol. The zero-order chi connectivity index (χ0) is 13.8. The number of aromatic amines is 1. The van der Waals surface area contributed by atoms with Gasteiger partial charge in [-0.15, -0.1) is 0 Å². The molecule has 0 aliphatic heterocycles. The average molecular weight is 260 g/mol. The van der Waals surface area contributed by atoms with Crippen LogP contribution in [0.1, 0.15) is 17.3 Å². The molecule has 98 valence electrons. The molecule has 0 aliphatic carbocycles. The molecule has 2 N–H and O–H groups in total. The second kappa shape index (κ2) is 5.34. The maximum absolute atomic E-state index is 11.6. The highest BCUT2D eigenvalue weighted by Gasteiger charge is 2.10. The largest absolute Gasteiger partial charge is 0.494 e. The van der Waals surface area contributed by atoms with Crippen molar-refractivity contribution in [3.8, 4) is 17.1 Å². The van der Waals surface area contributed by atoms with Gasteiger partial charge in [-0.05, 0) is 19.1 Å². The van der Waals surface area contributed by atoms with Crippen LogP contribution in [-0.2, 0) is 0 Å². The lowest BCUT2D eigenvalue weighted by atomic mass is 10.2. The predicted molar refractivity (Wildman–Crippen MR) is 68.4 cm³/mol. The van der Waals surface area contributed by atoms with Crippen molar-refractivity contribution in [2.24, 2.45) is 0 Å². The van der Waals surface area contributed by atoms with Crippen LogP contribution in [0.2, 0.25) is 0 Å². The summed E-state index contributed by atoms with van der Waals surface area (Å²) in [7, 11) is 0. The van der Waals surface area contributed by atoms with Crippen molar-refractivity contribution >= 4 is 5.97 Å². The van der Waals surface area contributed by atoms with Crippen molar-refractivity contribution in [2.75, 3.05) is 6.61 Å². The summed E-state index contributed by atoms with van der Waals surface area (Å²) in [6.45, 7) is 2.40. The van der Waals surface area contributed by atoms with E-state index in [1.54, 1.807) is 24.3 Å². The van der Waals surface area contributed by atoms with Crippen molar-refractivity contribution in [3.63, 3.8) is 0 Å². The molecule has 6 nitrogen and oxygen atoms in total. The Kier molecular flexibility index (Phi) is 3.61. The fourth-order valence-corrected chi connectivity index (χ4v) is 1.59. The number of ether oxygens (including phenoxy) is 1. The second-order valence-electron chi connectivity index (χ2n) is 3.74. The Morgan fingerprint density at radius 3 is 2.89 bits per heavy atom. The summed E-state index contributed by atoms with van der Waals surface area (Å²) in [6, 6.07) is 7.03. The van der Waals surface area contributed by atoms with Crippen molar-refractivity contribution in [2.45, 2.75) is 6.92 Å². The molecule has 0 aliphatic rings. The van der Waals surface area contributed by atoms with Gasteiger partial charge in [-0.25, -0.2) is 9.78 Å². The first-order valence-corrected chi connectivity index (χ1v) is 5.67. The van der Waals surface area contributed by atoms with Gasteiger partial charge in [-0.2, -0.15) is 0 Å². The van der Waals surface area contributed by atoms with E-state index in [0.717, 1.165) is 6.20 Å². The first kappa shape index (κ1) is 12.8. The molecule has 0 bridgehead atoms.